The van der Waals surface area contributed by atoms with Gasteiger partial charge in [-0.05, 0) is 24.5 Å². The summed E-state index contributed by atoms with van der Waals surface area (Å²) < 4.78 is 24.5. The van der Waals surface area contributed by atoms with Gasteiger partial charge in [-0.15, -0.1) is 0 Å². The zero-order valence-electron chi connectivity index (χ0n) is 14.1. The number of benzene rings is 1. The number of ether oxygens (including phenoxy) is 1. The number of rotatable bonds is 7. The van der Waals surface area contributed by atoms with E-state index in [1.54, 1.807) is 13.4 Å². The summed E-state index contributed by atoms with van der Waals surface area (Å²) in [5.41, 5.74) is 0.794. The van der Waals surface area contributed by atoms with Gasteiger partial charge in [0, 0.05) is 40.7 Å². The van der Waals surface area contributed by atoms with Gasteiger partial charge in [-0.25, -0.2) is 9.97 Å². The first-order valence-electron chi connectivity index (χ1n) is 7.52. The van der Waals surface area contributed by atoms with Crippen molar-refractivity contribution < 1.29 is 8.95 Å². The Morgan fingerprint density at radius 3 is 2.78 bits per heavy atom. The Balaban J connectivity index is 2.17. The van der Waals surface area contributed by atoms with Crippen LogP contribution in [0, 0.1) is 10.7 Å². The van der Waals surface area contributed by atoms with Crippen LogP contribution in [0.5, 0.6) is 5.75 Å². The van der Waals surface area contributed by atoms with Gasteiger partial charge in [-0.1, -0.05) is 13.0 Å². The Labute approximate surface area is 137 Å². The molecule has 2 atom stereocenters. The lowest BCUT2D eigenvalue weighted by atomic mass is 10.1. The molecule has 1 aromatic heterocycles. The molecule has 0 fully saturated rings. The van der Waals surface area contributed by atoms with Gasteiger partial charge in [0.1, 0.15) is 23.4 Å². The number of hydrogen-bond donors (Lipinski definition) is 1. The van der Waals surface area contributed by atoms with Crippen molar-refractivity contribution in [1.82, 2.24) is 9.97 Å². The molecule has 2 aromatic rings. The lowest BCUT2D eigenvalue weighted by Crippen LogP contribution is -2.23. The van der Waals surface area contributed by atoms with Gasteiger partial charge in [-0.3, -0.25) is 8.99 Å². The van der Waals surface area contributed by atoms with E-state index in [-0.39, 0.29) is 5.92 Å². The Kier molecular flexibility index (Phi) is 5.41. The molecule has 23 heavy (non-hydrogen) atoms. The van der Waals surface area contributed by atoms with Crippen LogP contribution in [0.25, 0.3) is 10.9 Å². The van der Waals surface area contributed by atoms with Crippen LogP contribution in [0.15, 0.2) is 24.5 Å². The molecule has 0 aliphatic carbocycles. The quantitative estimate of drug-likeness (QED) is 0.841. The van der Waals surface area contributed by atoms with E-state index in [1.165, 1.54) is 6.26 Å². The molecule has 0 amide bonds. The molecule has 0 unspecified atom stereocenters. The van der Waals surface area contributed by atoms with Crippen molar-refractivity contribution in [1.29, 1.82) is 4.78 Å². The van der Waals surface area contributed by atoms with Crippen molar-refractivity contribution in [2.75, 3.05) is 37.6 Å². The van der Waals surface area contributed by atoms with Crippen LogP contribution in [0.4, 0.5) is 5.82 Å². The summed E-state index contributed by atoms with van der Waals surface area (Å²) >= 11 is 0. The Morgan fingerprint density at radius 2 is 2.13 bits per heavy atom. The number of fused-ring (bicyclic) bond motifs is 1. The number of nitrogens with zero attached hydrogens (tertiary/aromatic N) is 3. The molecule has 0 saturated heterocycles. The van der Waals surface area contributed by atoms with Crippen LogP contribution < -0.4 is 9.64 Å². The average Bonchev–Trinajstić information content (AvgIpc) is 2.49. The minimum absolute atomic E-state index is 0.232. The molecule has 1 N–H and O–H groups in total. The highest BCUT2D eigenvalue weighted by molar-refractivity contribution is 7.91. The van der Waals surface area contributed by atoms with Gasteiger partial charge >= 0.3 is 0 Å². The van der Waals surface area contributed by atoms with Gasteiger partial charge in [0.05, 0.1) is 7.11 Å². The minimum Gasteiger partial charge on any atom is -0.494 e. The highest BCUT2D eigenvalue weighted by Gasteiger charge is 2.13. The maximum absolute atomic E-state index is 11.6. The third kappa shape index (κ3) is 4.54. The monoisotopic (exact) mass is 336 g/mol. The first kappa shape index (κ1) is 17.5. The van der Waals surface area contributed by atoms with Gasteiger partial charge < -0.3 is 9.64 Å². The van der Waals surface area contributed by atoms with E-state index >= 15 is 0 Å². The predicted octanol–water partition coefficient (Wildman–Crippen LogP) is 2.78. The topological polar surface area (TPSA) is 79.2 Å². The van der Waals surface area contributed by atoms with Crippen molar-refractivity contribution in [2.45, 2.75) is 13.3 Å². The van der Waals surface area contributed by atoms with Crippen molar-refractivity contribution in [2.24, 2.45) is 5.92 Å². The molecule has 126 valence electrons. The van der Waals surface area contributed by atoms with Crippen molar-refractivity contribution in [3.05, 3.63) is 24.5 Å². The van der Waals surface area contributed by atoms with Crippen LogP contribution >= 0.6 is 0 Å². The first-order valence-corrected chi connectivity index (χ1v) is 9.65. The summed E-state index contributed by atoms with van der Waals surface area (Å²) in [4.78, 5) is 10.8. The van der Waals surface area contributed by atoms with Crippen LogP contribution in [0.1, 0.15) is 13.3 Å². The molecule has 1 aromatic carbocycles. The molecule has 0 spiro atoms. The van der Waals surface area contributed by atoms with Crippen molar-refractivity contribution in [3.8, 4) is 5.75 Å². The zero-order chi connectivity index (χ0) is 17.0. The second kappa shape index (κ2) is 7.12. The molecular weight excluding hydrogens is 312 g/mol. The molecule has 0 bridgehead atoms. The highest BCUT2D eigenvalue weighted by Crippen LogP contribution is 2.28. The normalized spacial score (nSPS) is 15.1. The van der Waals surface area contributed by atoms with Crippen LogP contribution in [0.3, 0.4) is 0 Å². The summed E-state index contributed by atoms with van der Waals surface area (Å²) in [6.07, 6.45) is 3.90. The molecule has 0 radical (unpaired) electrons. The number of nitrogens with one attached hydrogen (secondary N) is 1. The standard InChI is InChI=1S/C16H24N4O2S/c1-12(10-23(4,17)21)8-9-20(2)16-13-6-5-7-14(22-3)15(13)18-11-19-16/h5-7,11-12,17H,8-10H2,1-4H3/t12-,23+/m1/s1. The van der Waals surface area contributed by atoms with E-state index < -0.39 is 9.73 Å². The maximum atomic E-state index is 11.6. The molecule has 0 saturated carbocycles. The maximum Gasteiger partial charge on any atom is 0.145 e. The van der Waals surface area contributed by atoms with Gasteiger partial charge in [0.2, 0.25) is 0 Å². The molecule has 2 rings (SSSR count). The summed E-state index contributed by atoms with van der Waals surface area (Å²) in [7, 11) is 1.17. The van der Waals surface area contributed by atoms with E-state index in [9.17, 15) is 4.21 Å². The fourth-order valence-electron chi connectivity index (χ4n) is 2.66. The fraction of sp³-hybridized carbons (Fsp3) is 0.500. The van der Waals surface area contributed by atoms with Crippen molar-refractivity contribution >= 4 is 26.4 Å². The minimum atomic E-state index is -2.44. The number of hydrogen-bond acceptors (Lipinski definition) is 6. The van der Waals surface area contributed by atoms with E-state index in [1.807, 2.05) is 32.2 Å². The van der Waals surface area contributed by atoms with Gasteiger partial charge in [-0.2, -0.15) is 0 Å². The zero-order valence-corrected chi connectivity index (χ0v) is 14.9. The molecule has 0 aliphatic rings. The Morgan fingerprint density at radius 1 is 1.39 bits per heavy atom. The SMILES string of the molecule is COc1cccc2c(N(C)CC[C@@H](C)C[S@@](C)(=N)=O)ncnc12. The summed E-state index contributed by atoms with van der Waals surface area (Å²) in [5.74, 6) is 2.24. The summed E-state index contributed by atoms with van der Waals surface area (Å²) in [5, 5.41) is 0.946. The molecular formula is C16H24N4O2S. The smallest absolute Gasteiger partial charge is 0.145 e. The number of aromatic nitrogens is 2. The van der Waals surface area contributed by atoms with E-state index in [4.69, 9.17) is 9.52 Å². The third-order valence-corrected chi connectivity index (χ3v) is 4.95. The largest absolute Gasteiger partial charge is 0.494 e. The van der Waals surface area contributed by atoms with Crippen molar-refractivity contribution in [3.63, 3.8) is 0 Å². The average molecular weight is 336 g/mol. The van der Waals surface area contributed by atoms with Gasteiger partial charge in [0.15, 0.2) is 0 Å². The number of methoxy groups -OCH3 is 1. The van der Waals surface area contributed by atoms with E-state index in [2.05, 4.69) is 14.9 Å². The molecule has 0 aliphatic heterocycles. The first-order chi connectivity index (χ1) is 10.8. The number of anilines is 1. The van der Waals surface area contributed by atoms with Gasteiger partial charge in [0.25, 0.3) is 0 Å². The fourth-order valence-corrected chi connectivity index (χ4v) is 3.91. The molecule has 7 heteroatoms. The molecule has 1 heterocycles. The lowest BCUT2D eigenvalue weighted by Gasteiger charge is -2.22. The Hall–Kier alpha value is -1.89. The third-order valence-electron chi connectivity index (χ3n) is 3.75. The van der Waals surface area contributed by atoms with Crippen LogP contribution in [-0.4, -0.2) is 46.9 Å². The van der Waals surface area contributed by atoms with E-state index in [0.717, 1.165) is 35.4 Å². The predicted molar refractivity (Wildman–Crippen MR) is 94.8 cm³/mol. The van der Waals surface area contributed by atoms with E-state index in [0.29, 0.717) is 5.75 Å². The molecule has 6 nitrogen and oxygen atoms in total. The Bertz CT molecular complexity index is 777. The summed E-state index contributed by atoms with van der Waals surface area (Å²) in [6.45, 7) is 2.81. The summed E-state index contributed by atoms with van der Waals surface area (Å²) in [6, 6.07) is 5.79. The second-order valence-corrected chi connectivity index (χ2v) is 8.38. The second-order valence-electron chi connectivity index (χ2n) is 6.04. The highest BCUT2D eigenvalue weighted by atomic mass is 32.2. The number of para-hydroxylation sites is 1. The van der Waals surface area contributed by atoms with Crippen LogP contribution in [-0.2, 0) is 9.73 Å². The van der Waals surface area contributed by atoms with Crippen LogP contribution in [0.2, 0.25) is 0 Å². The lowest BCUT2D eigenvalue weighted by molar-refractivity contribution is 0.419.